The summed E-state index contributed by atoms with van der Waals surface area (Å²) in [5.74, 6) is 2.02. The van der Waals surface area contributed by atoms with Gasteiger partial charge in [0, 0.05) is 10.0 Å². The quantitative estimate of drug-likeness (QED) is 0.838. The third kappa shape index (κ3) is 3.48. The van der Waals surface area contributed by atoms with Crippen molar-refractivity contribution in [2.45, 2.75) is 18.5 Å². The molecule has 0 saturated carbocycles. The Balaban J connectivity index is 1.93. The Labute approximate surface area is 150 Å². The van der Waals surface area contributed by atoms with Gasteiger partial charge < -0.3 is 20.5 Å². The predicted molar refractivity (Wildman–Crippen MR) is 98.5 cm³/mol. The number of aliphatic imine (C=N–C) groups is 1. The van der Waals surface area contributed by atoms with Crippen molar-refractivity contribution in [3.63, 3.8) is 0 Å². The van der Waals surface area contributed by atoms with E-state index < -0.39 is 0 Å². The molecule has 0 spiro atoms. The lowest BCUT2D eigenvalue weighted by molar-refractivity contribution is 0.386. The van der Waals surface area contributed by atoms with Crippen LogP contribution in [0, 0.1) is 0 Å². The molecule has 2 aromatic carbocycles. The third-order valence-corrected chi connectivity index (χ3v) is 4.67. The van der Waals surface area contributed by atoms with E-state index in [0.29, 0.717) is 5.96 Å². The Morgan fingerprint density at radius 1 is 1.12 bits per heavy atom. The van der Waals surface area contributed by atoms with Crippen LogP contribution in [0.1, 0.15) is 29.6 Å². The zero-order valence-electron chi connectivity index (χ0n) is 13.6. The van der Waals surface area contributed by atoms with Gasteiger partial charge in [0.25, 0.3) is 0 Å². The molecule has 0 fully saturated rings. The molecule has 126 valence electrons. The zero-order valence-corrected chi connectivity index (χ0v) is 15.2. The molecule has 1 aliphatic heterocycles. The number of ether oxygens (including phenoxy) is 2. The first-order valence-electron chi connectivity index (χ1n) is 7.68. The maximum atomic E-state index is 6.04. The highest BCUT2D eigenvalue weighted by Crippen LogP contribution is 2.37. The van der Waals surface area contributed by atoms with Crippen LogP contribution in [0.4, 0.5) is 0 Å². The van der Waals surface area contributed by atoms with Gasteiger partial charge >= 0.3 is 0 Å². The normalized spacial score (nSPS) is 20.0. The van der Waals surface area contributed by atoms with Crippen LogP contribution in [0.15, 0.2) is 51.9 Å². The number of benzene rings is 2. The molecule has 1 heterocycles. The van der Waals surface area contributed by atoms with Crippen molar-refractivity contribution in [3.05, 3.63) is 58.1 Å². The lowest BCUT2D eigenvalue weighted by atomic mass is 9.93. The fourth-order valence-corrected chi connectivity index (χ4v) is 3.19. The van der Waals surface area contributed by atoms with Crippen molar-refractivity contribution in [1.29, 1.82) is 0 Å². The molecule has 2 aromatic rings. The van der Waals surface area contributed by atoms with Gasteiger partial charge in [0.2, 0.25) is 0 Å². The summed E-state index contributed by atoms with van der Waals surface area (Å²) in [6, 6.07) is 13.9. The van der Waals surface area contributed by atoms with Gasteiger partial charge in [-0.25, -0.2) is 4.99 Å². The summed E-state index contributed by atoms with van der Waals surface area (Å²) in [7, 11) is 3.32. The van der Waals surface area contributed by atoms with Crippen LogP contribution in [-0.2, 0) is 0 Å². The molecule has 3 N–H and O–H groups in total. The SMILES string of the molecule is COc1ccc(OC)c(C2CC(c3ccc(Br)cc3)N=C(N)N2)c1. The highest BCUT2D eigenvalue weighted by atomic mass is 79.9. The molecule has 3 rings (SSSR count). The van der Waals surface area contributed by atoms with Gasteiger partial charge in [0.1, 0.15) is 11.5 Å². The van der Waals surface area contributed by atoms with E-state index in [1.54, 1.807) is 14.2 Å². The van der Waals surface area contributed by atoms with Crippen molar-refractivity contribution in [1.82, 2.24) is 5.32 Å². The molecule has 6 heteroatoms. The Hall–Kier alpha value is -2.21. The van der Waals surface area contributed by atoms with E-state index in [1.165, 1.54) is 0 Å². The van der Waals surface area contributed by atoms with E-state index >= 15 is 0 Å². The fraction of sp³-hybridized carbons (Fsp3) is 0.278. The maximum absolute atomic E-state index is 6.04. The van der Waals surface area contributed by atoms with Crippen LogP contribution in [0.3, 0.4) is 0 Å². The lowest BCUT2D eigenvalue weighted by Crippen LogP contribution is -2.39. The molecule has 0 amide bonds. The smallest absolute Gasteiger partial charge is 0.189 e. The number of methoxy groups -OCH3 is 2. The van der Waals surface area contributed by atoms with Gasteiger partial charge in [-0.15, -0.1) is 0 Å². The molecular weight excluding hydrogens is 370 g/mol. The Morgan fingerprint density at radius 3 is 2.54 bits per heavy atom. The first kappa shape index (κ1) is 16.6. The molecule has 0 saturated heterocycles. The number of hydrogen-bond acceptors (Lipinski definition) is 5. The zero-order chi connectivity index (χ0) is 17.1. The van der Waals surface area contributed by atoms with E-state index in [4.69, 9.17) is 15.2 Å². The molecule has 2 unspecified atom stereocenters. The highest BCUT2D eigenvalue weighted by molar-refractivity contribution is 9.10. The van der Waals surface area contributed by atoms with Crippen molar-refractivity contribution < 1.29 is 9.47 Å². The lowest BCUT2D eigenvalue weighted by Gasteiger charge is -2.30. The summed E-state index contributed by atoms with van der Waals surface area (Å²) in [4.78, 5) is 4.55. The van der Waals surface area contributed by atoms with Crippen LogP contribution in [-0.4, -0.2) is 20.2 Å². The summed E-state index contributed by atoms with van der Waals surface area (Å²) < 4.78 is 11.9. The number of hydrogen-bond donors (Lipinski definition) is 2. The molecule has 24 heavy (non-hydrogen) atoms. The van der Waals surface area contributed by atoms with E-state index in [9.17, 15) is 0 Å². The van der Waals surface area contributed by atoms with Crippen LogP contribution in [0.5, 0.6) is 11.5 Å². The van der Waals surface area contributed by atoms with Gasteiger partial charge in [-0.05, 0) is 42.3 Å². The number of rotatable bonds is 4. The predicted octanol–water partition coefficient (Wildman–Crippen LogP) is 3.56. The van der Waals surface area contributed by atoms with Gasteiger partial charge in [0.05, 0.1) is 26.3 Å². The maximum Gasteiger partial charge on any atom is 0.189 e. The average Bonchev–Trinajstić information content (AvgIpc) is 2.61. The van der Waals surface area contributed by atoms with Gasteiger partial charge in [-0.2, -0.15) is 0 Å². The monoisotopic (exact) mass is 389 g/mol. The first-order chi connectivity index (χ1) is 11.6. The van der Waals surface area contributed by atoms with Crippen LogP contribution in [0.25, 0.3) is 0 Å². The molecule has 0 aliphatic carbocycles. The second-order valence-electron chi connectivity index (χ2n) is 5.62. The summed E-state index contributed by atoms with van der Waals surface area (Å²) in [6.45, 7) is 0. The number of nitrogens with one attached hydrogen (secondary N) is 1. The van der Waals surface area contributed by atoms with Crippen LogP contribution in [0.2, 0.25) is 0 Å². The van der Waals surface area contributed by atoms with Crippen LogP contribution < -0.4 is 20.5 Å². The average molecular weight is 390 g/mol. The first-order valence-corrected chi connectivity index (χ1v) is 8.47. The van der Waals surface area contributed by atoms with Crippen LogP contribution >= 0.6 is 15.9 Å². The molecule has 0 bridgehead atoms. The topological polar surface area (TPSA) is 68.9 Å². The number of nitrogens with two attached hydrogens (primary N) is 1. The second kappa shape index (κ2) is 7.13. The Morgan fingerprint density at radius 2 is 1.88 bits per heavy atom. The number of halogens is 1. The molecule has 2 atom stereocenters. The molecule has 1 aliphatic rings. The Bertz CT molecular complexity index is 746. The minimum atomic E-state index is 0.000238. The van der Waals surface area contributed by atoms with Gasteiger partial charge in [0.15, 0.2) is 5.96 Å². The largest absolute Gasteiger partial charge is 0.497 e. The van der Waals surface area contributed by atoms with E-state index in [2.05, 4.69) is 38.4 Å². The fourth-order valence-electron chi connectivity index (χ4n) is 2.93. The summed E-state index contributed by atoms with van der Waals surface area (Å²) >= 11 is 3.46. The van der Waals surface area contributed by atoms with Crippen molar-refractivity contribution in [2.75, 3.05) is 14.2 Å². The summed E-state index contributed by atoms with van der Waals surface area (Å²) in [5, 5.41) is 3.25. The standard InChI is InChI=1S/C18H20BrN3O2/c1-23-13-7-8-17(24-2)14(9-13)16-10-15(21-18(20)22-16)11-3-5-12(19)6-4-11/h3-9,15-16H,10H2,1-2H3,(H3,20,21,22). The van der Waals surface area contributed by atoms with E-state index in [0.717, 1.165) is 33.5 Å². The van der Waals surface area contributed by atoms with Crippen molar-refractivity contribution >= 4 is 21.9 Å². The Kier molecular flexibility index (Phi) is 4.94. The second-order valence-corrected chi connectivity index (χ2v) is 6.54. The van der Waals surface area contributed by atoms with Crippen molar-refractivity contribution in [3.8, 4) is 11.5 Å². The molecule has 5 nitrogen and oxygen atoms in total. The summed E-state index contributed by atoms with van der Waals surface area (Å²) in [6.07, 6.45) is 0.784. The van der Waals surface area contributed by atoms with Crippen molar-refractivity contribution in [2.24, 2.45) is 10.7 Å². The third-order valence-electron chi connectivity index (χ3n) is 4.14. The van der Waals surface area contributed by atoms with E-state index in [1.807, 2.05) is 30.3 Å². The summed E-state index contributed by atoms with van der Waals surface area (Å²) in [5.41, 5.74) is 8.18. The molecule has 0 radical (unpaired) electrons. The van der Waals surface area contributed by atoms with Gasteiger partial charge in [-0.3, -0.25) is 0 Å². The number of nitrogens with zero attached hydrogens (tertiary/aromatic N) is 1. The molecular formula is C18H20BrN3O2. The van der Waals surface area contributed by atoms with Gasteiger partial charge in [-0.1, -0.05) is 28.1 Å². The highest BCUT2D eigenvalue weighted by Gasteiger charge is 2.27. The minimum absolute atomic E-state index is 0.000238. The number of guanidine groups is 1. The van der Waals surface area contributed by atoms with E-state index in [-0.39, 0.29) is 12.1 Å². The minimum Gasteiger partial charge on any atom is -0.497 e. The molecule has 0 aromatic heterocycles.